The van der Waals surface area contributed by atoms with E-state index < -0.39 is 17.9 Å². The molecular formula is C27H39N3O5. The lowest BCUT2D eigenvalue weighted by atomic mass is 9.91. The van der Waals surface area contributed by atoms with Gasteiger partial charge in [-0.2, -0.15) is 0 Å². The second-order valence-corrected chi connectivity index (χ2v) is 9.37. The van der Waals surface area contributed by atoms with Gasteiger partial charge in [-0.15, -0.1) is 0 Å². The highest BCUT2D eigenvalue weighted by atomic mass is 16.5. The Morgan fingerprint density at radius 3 is 2.60 bits per heavy atom. The fraction of sp³-hybridized carbons (Fsp3) is 0.556. The number of benzene rings is 1. The van der Waals surface area contributed by atoms with Crippen LogP contribution in [0.2, 0.25) is 0 Å². The summed E-state index contributed by atoms with van der Waals surface area (Å²) in [5, 5.41) is 19.6. The van der Waals surface area contributed by atoms with Crippen molar-refractivity contribution in [3.63, 3.8) is 0 Å². The van der Waals surface area contributed by atoms with Gasteiger partial charge in [0.25, 0.3) is 5.91 Å². The summed E-state index contributed by atoms with van der Waals surface area (Å²) in [6.45, 7) is 7.43. The van der Waals surface area contributed by atoms with Gasteiger partial charge in [0, 0.05) is 32.2 Å². The van der Waals surface area contributed by atoms with E-state index in [9.17, 15) is 14.7 Å². The lowest BCUT2D eigenvalue weighted by molar-refractivity contribution is -0.153. The largest absolute Gasteiger partial charge is 0.494 e. The van der Waals surface area contributed by atoms with Crippen molar-refractivity contribution in [2.75, 3.05) is 32.8 Å². The third-order valence-corrected chi connectivity index (χ3v) is 6.76. The molecule has 0 spiro atoms. The summed E-state index contributed by atoms with van der Waals surface area (Å²) in [4.78, 5) is 29.6. The molecule has 1 aromatic carbocycles. The number of piperazine rings is 1. The summed E-state index contributed by atoms with van der Waals surface area (Å²) in [5.74, 6) is -1.30. The van der Waals surface area contributed by atoms with Gasteiger partial charge in [-0.05, 0) is 69.2 Å². The van der Waals surface area contributed by atoms with Crippen molar-refractivity contribution in [2.24, 2.45) is 5.92 Å². The average molecular weight is 486 g/mol. The van der Waals surface area contributed by atoms with E-state index in [1.807, 2.05) is 38.1 Å². The van der Waals surface area contributed by atoms with Gasteiger partial charge in [-0.25, -0.2) is 5.48 Å². The highest BCUT2D eigenvalue weighted by Crippen LogP contribution is 2.23. The molecule has 35 heavy (non-hydrogen) atoms. The molecule has 0 aromatic heterocycles. The van der Waals surface area contributed by atoms with Crippen LogP contribution in [0.25, 0.3) is 0 Å². The second-order valence-electron chi connectivity index (χ2n) is 9.37. The smallest absolute Gasteiger partial charge is 0.272 e. The lowest BCUT2D eigenvalue weighted by Crippen LogP contribution is -2.57. The molecule has 8 nitrogen and oxygen atoms in total. The third kappa shape index (κ3) is 7.65. The van der Waals surface area contributed by atoms with Crippen LogP contribution in [0, 0.1) is 5.92 Å². The van der Waals surface area contributed by atoms with Gasteiger partial charge < -0.3 is 14.7 Å². The minimum Gasteiger partial charge on any atom is -0.494 e. The number of ether oxygens (including phenoxy) is 1. The first kappa shape index (κ1) is 26.9. The Morgan fingerprint density at radius 1 is 1.20 bits per heavy atom. The lowest BCUT2D eigenvalue weighted by Gasteiger charge is -2.42. The molecule has 1 aromatic rings. The number of nitrogens with zero attached hydrogens (tertiary/aromatic N) is 2. The number of amides is 2. The monoisotopic (exact) mass is 485 g/mol. The SMILES string of the molecule is CCOc1ccc(CCC[C@@H](C(=O)N2CCN(CC3=CCCC=C3)C[C@@H]2C)[C@H](O)C(=O)NO)cc1. The number of aryl methyl sites for hydroxylation is 1. The molecule has 3 atom stereocenters. The van der Waals surface area contributed by atoms with E-state index in [-0.39, 0.29) is 11.9 Å². The van der Waals surface area contributed by atoms with Crippen LogP contribution in [0.4, 0.5) is 0 Å². The molecule has 1 aliphatic heterocycles. The predicted molar refractivity (Wildman–Crippen MR) is 134 cm³/mol. The van der Waals surface area contributed by atoms with E-state index in [2.05, 4.69) is 23.1 Å². The van der Waals surface area contributed by atoms with Crippen molar-refractivity contribution >= 4 is 11.8 Å². The second kappa shape index (κ2) is 13.4. The molecule has 1 aliphatic carbocycles. The number of carbonyl (C=O) groups excluding carboxylic acids is 2. The molecule has 1 heterocycles. The van der Waals surface area contributed by atoms with Gasteiger partial charge >= 0.3 is 0 Å². The standard InChI is InChI=1S/C27H39N3O5/c1-3-35-23-14-12-21(13-15-23)10-7-11-24(25(31)26(32)28-34)27(33)30-17-16-29(18-20(30)2)19-22-8-5-4-6-9-22/h5,8-9,12-15,20,24-25,31,34H,3-4,6-7,10-11,16-19H2,1-2H3,(H,28,32)/t20-,24+,25-/m0/s1. The highest BCUT2D eigenvalue weighted by molar-refractivity contribution is 5.88. The van der Waals surface area contributed by atoms with Gasteiger partial charge in [0.15, 0.2) is 0 Å². The quantitative estimate of drug-likeness (QED) is 0.329. The molecule has 1 fully saturated rings. The van der Waals surface area contributed by atoms with Gasteiger partial charge in [0.1, 0.15) is 11.9 Å². The summed E-state index contributed by atoms with van der Waals surface area (Å²) in [7, 11) is 0. The van der Waals surface area contributed by atoms with Crippen LogP contribution in [-0.4, -0.2) is 76.9 Å². The molecule has 0 radical (unpaired) electrons. The zero-order valence-corrected chi connectivity index (χ0v) is 20.9. The predicted octanol–water partition coefficient (Wildman–Crippen LogP) is 2.70. The Bertz CT molecular complexity index is 899. The molecular weight excluding hydrogens is 446 g/mol. The molecule has 3 N–H and O–H groups in total. The molecule has 8 heteroatoms. The summed E-state index contributed by atoms with van der Waals surface area (Å²) in [6.07, 6.45) is 8.87. The Labute approximate surface area is 208 Å². The Balaban J connectivity index is 1.59. The molecule has 0 bridgehead atoms. The first-order valence-corrected chi connectivity index (χ1v) is 12.6. The number of aliphatic hydroxyl groups excluding tert-OH is 1. The third-order valence-electron chi connectivity index (χ3n) is 6.76. The molecule has 192 valence electrons. The minimum absolute atomic E-state index is 0.0394. The molecule has 2 aliphatic rings. The number of hydrogen-bond acceptors (Lipinski definition) is 6. The number of allylic oxidation sites excluding steroid dienone is 2. The van der Waals surface area contributed by atoms with Crippen LogP contribution in [0.5, 0.6) is 5.75 Å². The van der Waals surface area contributed by atoms with Gasteiger partial charge in [-0.1, -0.05) is 30.4 Å². The summed E-state index contributed by atoms with van der Waals surface area (Å²) >= 11 is 0. The molecule has 0 unspecified atom stereocenters. The van der Waals surface area contributed by atoms with E-state index in [1.54, 1.807) is 4.90 Å². The molecule has 2 amide bonds. The summed E-state index contributed by atoms with van der Waals surface area (Å²) in [6, 6.07) is 7.75. The Hall–Kier alpha value is -2.68. The Morgan fingerprint density at radius 2 is 1.97 bits per heavy atom. The number of rotatable bonds is 11. The number of aliphatic hydroxyl groups is 1. The topological polar surface area (TPSA) is 102 Å². The van der Waals surface area contributed by atoms with Crippen LogP contribution in [0.3, 0.4) is 0 Å². The maximum Gasteiger partial charge on any atom is 0.272 e. The van der Waals surface area contributed by atoms with Gasteiger partial charge in [-0.3, -0.25) is 19.7 Å². The molecule has 1 saturated heterocycles. The first-order valence-electron chi connectivity index (χ1n) is 12.6. The fourth-order valence-electron chi connectivity index (χ4n) is 4.87. The number of nitrogens with one attached hydrogen (secondary N) is 1. The maximum absolute atomic E-state index is 13.5. The number of carbonyl (C=O) groups is 2. The van der Waals surface area contributed by atoms with E-state index in [1.165, 1.54) is 11.1 Å². The summed E-state index contributed by atoms with van der Waals surface area (Å²) in [5.41, 5.74) is 3.90. The molecule has 3 rings (SSSR count). The van der Waals surface area contributed by atoms with Gasteiger partial charge in [0.2, 0.25) is 5.91 Å². The van der Waals surface area contributed by atoms with Crippen LogP contribution in [0.15, 0.2) is 48.1 Å². The molecule has 0 saturated carbocycles. The van der Waals surface area contributed by atoms with E-state index in [0.29, 0.717) is 32.4 Å². The van der Waals surface area contributed by atoms with E-state index in [4.69, 9.17) is 9.94 Å². The van der Waals surface area contributed by atoms with E-state index in [0.717, 1.165) is 43.8 Å². The normalized spacial score (nSPS) is 20.2. The number of hydrogen-bond donors (Lipinski definition) is 3. The first-order chi connectivity index (χ1) is 16.9. The van der Waals surface area contributed by atoms with Crippen LogP contribution < -0.4 is 10.2 Å². The zero-order chi connectivity index (χ0) is 25.2. The van der Waals surface area contributed by atoms with Crippen molar-refractivity contribution in [2.45, 2.75) is 58.1 Å². The zero-order valence-electron chi connectivity index (χ0n) is 20.9. The fourth-order valence-corrected chi connectivity index (χ4v) is 4.87. The summed E-state index contributed by atoms with van der Waals surface area (Å²) < 4.78 is 5.47. The highest BCUT2D eigenvalue weighted by Gasteiger charge is 2.37. The van der Waals surface area contributed by atoms with Crippen molar-refractivity contribution in [1.29, 1.82) is 0 Å². The van der Waals surface area contributed by atoms with Crippen molar-refractivity contribution in [3.8, 4) is 5.75 Å². The van der Waals surface area contributed by atoms with Gasteiger partial charge in [0.05, 0.1) is 12.5 Å². The van der Waals surface area contributed by atoms with Crippen LogP contribution in [0.1, 0.15) is 45.1 Å². The van der Waals surface area contributed by atoms with Crippen molar-refractivity contribution < 1.29 is 24.6 Å². The Kier molecular flexibility index (Phi) is 10.3. The van der Waals surface area contributed by atoms with Crippen molar-refractivity contribution in [1.82, 2.24) is 15.3 Å². The van der Waals surface area contributed by atoms with Crippen LogP contribution in [-0.2, 0) is 16.0 Å². The van der Waals surface area contributed by atoms with Crippen molar-refractivity contribution in [3.05, 3.63) is 53.6 Å². The maximum atomic E-state index is 13.5. The minimum atomic E-state index is -1.60. The number of hydroxylamine groups is 1. The van der Waals surface area contributed by atoms with Crippen LogP contribution >= 0.6 is 0 Å². The van der Waals surface area contributed by atoms with E-state index >= 15 is 0 Å². The average Bonchev–Trinajstić information content (AvgIpc) is 2.87.